The Morgan fingerprint density at radius 2 is 1.89 bits per heavy atom. The molecule has 0 unspecified atom stereocenters. The molecule has 0 atom stereocenters. The molecule has 0 radical (unpaired) electrons. The number of esters is 1. The van der Waals surface area contributed by atoms with Crippen molar-refractivity contribution in [3.8, 4) is 11.3 Å². The Morgan fingerprint density at radius 1 is 1.17 bits per heavy atom. The van der Waals surface area contributed by atoms with Crippen LogP contribution >= 0.6 is 11.6 Å². The predicted octanol–water partition coefficient (Wildman–Crippen LogP) is 2.97. The molecule has 1 heterocycles. The second-order valence-corrected chi connectivity index (χ2v) is 3.93. The van der Waals surface area contributed by atoms with Crippen molar-refractivity contribution >= 4 is 17.6 Å². The van der Waals surface area contributed by atoms with Crippen LogP contribution in [-0.4, -0.2) is 22.8 Å². The number of nitrogens with zero attached hydrogens (tertiary/aromatic N) is 2. The van der Waals surface area contributed by atoms with Gasteiger partial charge in [0.1, 0.15) is 0 Å². The lowest BCUT2D eigenvalue weighted by molar-refractivity contribution is 0.0526. The third-order valence-corrected chi connectivity index (χ3v) is 2.53. The van der Waals surface area contributed by atoms with E-state index in [1.165, 1.54) is 0 Å². The molecule has 4 nitrogen and oxygen atoms in total. The summed E-state index contributed by atoms with van der Waals surface area (Å²) < 4.78 is 4.90. The summed E-state index contributed by atoms with van der Waals surface area (Å²) in [6.07, 6.45) is 0. The first kappa shape index (κ1) is 12.5. The van der Waals surface area contributed by atoms with Crippen molar-refractivity contribution in [1.29, 1.82) is 0 Å². The molecule has 0 amide bonds. The van der Waals surface area contributed by atoms with Gasteiger partial charge in [-0.1, -0.05) is 23.7 Å². The minimum absolute atomic E-state index is 0.328. The molecule has 0 fully saturated rings. The van der Waals surface area contributed by atoms with E-state index in [1.807, 2.05) is 0 Å². The van der Waals surface area contributed by atoms with E-state index in [-0.39, 0.29) is 5.97 Å². The average Bonchev–Trinajstić information content (AvgIpc) is 2.40. The fourth-order valence-corrected chi connectivity index (χ4v) is 1.56. The van der Waals surface area contributed by atoms with Crippen LogP contribution < -0.4 is 0 Å². The lowest BCUT2D eigenvalue weighted by Crippen LogP contribution is -2.04. The molecule has 2 aromatic rings. The Kier molecular flexibility index (Phi) is 3.89. The summed E-state index contributed by atoms with van der Waals surface area (Å²) in [5.41, 5.74) is 2.09. The van der Waals surface area contributed by atoms with Gasteiger partial charge in [0.25, 0.3) is 0 Å². The fraction of sp³-hybridized carbons (Fsp3) is 0.154. The standard InChI is InChI=1S/C13H11ClN2O2/c1-2-18-13(17)10-5-3-9(4-6-10)11-7-8-12(14)16-15-11/h3-8H,2H2,1H3. The van der Waals surface area contributed by atoms with E-state index in [0.29, 0.717) is 23.0 Å². The molecule has 18 heavy (non-hydrogen) atoms. The number of hydrogen-bond donors (Lipinski definition) is 0. The number of carbonyl (C=O) groups excluding carboxylic acids is 1. The maximum absolute atomic E-state index is 11.5. The smallest absolute Gasteiger partial charge is 0.338 e. The number of ether oxygens (including phenoxy) is 1. The summed E-state index contributed by atoms with van der Waals surface area (Å²) in [6.45, 7) is 2.14. The van der Waals surface area contributed by atoms with Crippen molar-refractivity contribution in [2.24, 2.45) is 0 Å². The van der Waals surface area contributed by atoms with Crippen molar-refractivity contribution in [3.63, 3.8) is 0 Å². The zero-order chi connectivity index (χ0) is 13.0. The highest BCUT2D eigenvalue weighted by Gasteiger charge is 2.07. The number of carbonyl (C=O) groups is 1. The molecule has 1 aromatic heterocycles. The molecule has 0 saturated carbocycles. The van der Waals surface area contributed by atoms with Crippen LogP contribution in [0.4, 0.5) is 0 Å². The maximum Gasteiger partial charge on any atom is 0.338 e. The fourth-order valence-electron chi connectivity index (χ4n) is 1.46. The molecule has 0 aliphatic carbocycles. The van der Waals surface area contributed by atoms with Crippen LogP contribution in [0.25, 0.3) is 11.3 Å². The van der Waals surface area contributed by atoms with Crippen LogP contribution in [0, 0.1) is 0 Å². The van der Waals surface area contributed by atoms with E-state index in [1.54, 1.807) is 43.3 Å². The van der Waals surface area contributed by atoms with Crippen LogP contribution in [0.5, 0.6) is 0 Å². The van der Waals surface area contributed by atoms with Crippen molar-refractivity contribution in [2.45, 2.75) is 6.92 Å². The summed E-state index contributed by atoms with van der Waals surface area (Å²) in [6, 6.07) is 10.4. The number of aromatic nitrogens is 2. The first-order chi connectivity index (χ1) is 8.70. The van der Waals surface area contributed by atoms with Gasteiger partial charge in [-0.2, -0.15) is 0 Å². The largest absolute Gasteiger partial charge is 0.462 e. The van der Waals surface area contributed by atoms with Crippen molar-refractivity contribution < 1.29 is 9.53 Å². The number of hydrogen-bond acceptors (Lipinski definition) is 4. The molecule has 1 aromatic carbocycles. The van der Waals surface area contributed by atoms with Crippen LogP contribution in [0.15, 0.2) is 36.4 Å². The second-order valence-electron chi connectivity index (χ2n) is 3.54. The van der Waals surface area contributed by atoms with Gasteiger partial charge in [0.05, 0.1) is 17.9 Å². The first-order valence-corrected chi connectivity index (χ1v) is 5.85. The van der Waals surface area contributed by atoms with Gasteiger partial charge in [-0.05, 0) is 31.2 Å². The van der Waals surface area contributed by atoms with Crippen LogP contribution in [0.3, 0.4) is 0 Å². The van der Waals surface area contributed by atoms with Gasteiger partial charge in [0.15, 0.2) is 5.15 Å². The molecule has 0 aliphatic rings. The molecule has 5 heteroatoms. The summed E-state index contributed by atoms with van der Waals surface area (Å²) in [7, 11) is 0. The molecular formula is C13H11ClN2O2. The molecular weight excluding hydrogens is 252 g/mol. The second kappa shape index (κ2) is 5.60. The monoisotopic (exact) mass is 262 g/mol. The number of halogens is 1. The average molecular weight is 263 g/mol. The summed E-state index contributed by atoms with van der Waals surface area (Å²) in [5.74, 6) is -0.328. The van der Waals surface area contributed by atoms with Crippen LogP contribution in [0.1, 0.15) is 17.3 Å². The van der Waals surface area contributed by atoms with E-state index < -0.39 is 0 Å². The Labute approximate surface area is 110 Å². The first-order valence-electron chi connectivity index (χ1n) is 5.47. The minimum Gasteiger partial charge on any atom is -0.462 e. The molecule has 0 bridgehead atoms. The number of benzene rings is 1. The van der Waals surface area contributed by atoms with Crippen molar-refractivity contribution in [1.82, 2.24) is 10.2 Å². The third kappa shape index (κ3) is 2.84. The van der Waals surface area contributed by atoms with Gasteiger partial charge in [-0.25, -0.2) is 4.79 Å². The van der Waals surface area contributed by atoms with Gasteiger partial charge in [-0.3, -0.25) is 0 Å². The maximum atomic E-state index is 11.5. The van der Waals surface area contributed by atoms with Gasteiger partial charge < -0.3 is 4.74 Å². The Hall–Kier alpha value is -1.94. The van der Waals surface area contributed by atoms with E-state index in [4.69, 9.17) is 16.3 Å². The van der Waals surface area contributed by atoms with Crippen LogP contribution in [0.2, 0.25) is 5.15 Å². The van der Waals surface area contributed by atoms with Crippen molar-refractivity contribution in [3.05, 3.63) is 47.1 Å². The third-order valence-electron chi connectivity index (χ3n) is 2.32. The van der Waals surface area contributed by atoms with Gasteiger partial charge in [0.2, 0.25) is 0 Å². The quantitative estimate of drug-likeness (QED) is 0.798. The minimum atomic E-state index is -0.328. The molecule has 0 spiro atoms. The van der Waals surface area contributed by atoms with Gasteiger partial charge in [-0.15, -0.1) is 10.2 Å². The normalized spacial score (nSPS) is 10.1. The van der Waals surface area contributed by atoms with Crippen LogP contribution in [-0.2, 0) is 4.74 Å². The highest BCUT2D eigenvalue weighted by molar-refractivity contribution is 6.29. The summed E-state index contributed by atoms with van der Waals surface area (Å²) >= 11 is 5.67. The molecule has 2 rings (SSSR count). The molecule has 0 saturated heterocycles. The lowest BCUT2D eigenvalue weighted by atomic mass is 10.1. The van der Waals surface area contributed by atoms with Gasteiger partial charge in [0, 0.05) is 5.56 Å². The summed E-state index contributed by atoms with van der Waals surface area (Å²) in [5, 5.41) is 8.08. The zero-order valence-corrected chi connectivity index (χ0v) is 10.5. The van der Waals surface area contributed by atoms with E-state index in [2.05, 4.69) is 10.2 Å². The molecule has 92 valence electrons. The van der Waals surface area contributed by atoms with Crippen molar-refractivity contribution in [2.75, 3.05) is 6.61 Å². The Morgan fingerprint density at radius 3 is 2.44 bits per heavy atom. The highest BCUT2D eigenvalue weighted by Crippen LogP contribution is 2.18. The Balaban J connectivity index is 2.22. The summed E-state index contributed by atoms with van der Waals surface area (Å²) in [4.78, 5) is 11.5. The predicted molar refractivity (Wildman–Crippen MR) is 68.4 cm³/mol. The van der Waals surface area contributed by atoms with E-state index in [0.717, 1.165) is 5.56 Å². The van der Waals surface area contributed by atoms with E-state index >= 15 is 0 Å². The topological polar surface area (TPSA) is 52.1 Å². The zero-order valence-electron chi connectivity index (χ0n) is 9.76. The van der Waals surface area contributed by atoms with E-state index in [9.17, 15) is 4.79 Å². The molecule has 0 aliphatic heterocycles. The number of rotatable bonds is 3. The highest BCUT2D eigenvalue weighted by atomic mass is 35.5. The Bertz CT molecular complexity index is 538. The van der Waals surface area contributed by atoms with Gasteiger partial charge >= 0.3 is 5.97 Å². The lowest BCUT2D eigenvalue weighted by Gasteiger charge is -2.03. The SMILES string of the molecule is CCOC(=O)c1ccc(-c2ccc(Cl)nn2)cc1. The molecule has 0 N–H and O–H groups in total.